The monoisotopic (exact) mass is 234 g/mol. The molecule has 1 amide bonds. The van der Waals surface area contributed by atoms with Crippen LogP contribution < -0.4 is 10.6 Å². The van der Waals surface area contributed by atoms with E-state index in [1.807, 2.05) is 10.7 Å². The highest BCUT2D eigenvalue weighted by Crippen LogP contribution is 2.27. The van der Waals surface area contributed by atoms with Gasteiger partial charge in [-0.3, -0.25) is 9.48 Å². The normalized spacial score (nSPS) is 23.9. The molecular weight excluding hydrogens is 216 g/mol. The Balaban J connectivity index is 1.60. The molecule has 0 bridgehead atoms. The summed E-state index contributed by atoms with van der Waals surface area (Å²) < 4.78 is 1.93. The van der Waals surface area contributed by atoms with Crippen molar-refractivity contribution in [3.63, 3.8) is 0 Å². The highest BCUT2D eigenvalue weighted by molar-refractivity contribution is 5.78. The van der Waals surface area contributed by atoms with Gasteiger partial charge < -0.3 is 10.6 Å². The second-order valence-corrected chi connectivity index (χ2v) is 5.02. The largest absolute Gasteiger partial charge is 0.355 e. The molecule has 1 aromatic rings. The Labute approximate surface area is 101 Å². The summed E-state index contributed by atoms with van der Waals surface area (Å²) in [6, 6.07) is 2.00. The van der Waals surface area contributed by atoms with Crippen LogP contribution in [-0.4, -0.2) is 28.8 Å². The van der Waals surface area contributed by atoms with Gasteiger partial charge in [-0.05, 0) is 24.8 Å². The number of hydrogen-bond acceptors (Lipinski definition) is 3. The second-order valence-electron chi connectivity index (χ2n) is 5.02. The Morgan fingerprint density at radius 2 is 2.47 bits per heavy atom. The van der Waals surface area contributed by atoms with Gasteiger partial charge in [-0.2, -0.15) is 5.10 Å². The zero-order valence-corrected chi connectivity index (χ0v) is 9.85. The van der Waals surface area contributed by atoms with Gasteiger partial charge in [0.25, 0.3) is 0 Å². The lowest BCUT2D eigenvalue weighted by Crippen LogP contribution is -2.38. The van der Waals surface area contributed by atoms with E-state index in [1.165, 1.54) is 12.8 Å². The van der Waals surface area contributed by atoms with E-state index in [-0.39, 0.29) is 11.8 Å². The minimum Gasteiger partial charge on any atom is -0.355 e. The number of amides is 1. The molecule has 0 aromatic carbocycles. The van der Waals surface area contributed by atoms with Gasteiger partial charge >= 0.3 is 0 Å². The molecular formula is C12H18N4O. The van der Waals surface area contributed by atoms with Crippen LogP contribution in [0.15, 0.2) is 12.3 Å². The quantitative estimate of drug-likeness (QED) is 0.781. The number of rotatable bonds is 3. The van der Waals surface area contributed by atoms with E-state index in [2.05, 4.69) is 15.7 Å². The summed E-state index contributed by atoms with van der Waals surface area (Å²) >= 11 is 0. The summed E-state index contributed by atoms with van der Waals surface area (Å²) in [5, 5.41) is 10.6. The average Bonchev–Trinajstić information content (AvgIpc) is 3.10. The van der Waals surface area contributed by atoms with E-state index in [4.69, 9.17) is 0 Å². The van der Waals surface area contributed by atoms with Crippen molar-refractivity contribution in [1.29, 1.82) is 0 Å². The van der Waals surface area contributed by atoms with E-state index >= 15 is 0 Å². The predicted octanol–water partition coefficient (Wildman–Crippen LogP) is 0.129. The molecule has 0 saturated heterocycles. The lowest BCUT2D eigenvalue weighted by molar-refractivity contribution is -0.125. The Morgan fingerprint density at radius 1 is 1.59 bits per heavy atom. The van der Waals surface area contributed by atoms with Gasteiger partial charge in [-0.15, -0.1) is 0 Å². The molecule has 0 unspecified atom stereocenters. The number of nitrogens with zero attached hydrogens (tertiary/aromatic N) is 2. The minimum atomic E-state index is -0.00472. The first kappa shape index (κ1) is 10.8. The molecule has 3 rings (SSSR count). The number of carbonyl (C=O) groups excluding carboxylic acids is 1. The fourth-order valence-electron chi connectivity index (χ4n) is 2.21. The van der Waals surface area contributed by atoms with Crippen molar-refractivity contribution in [2.75, 3.05) is 13.1 Å². The zero-order chi connectivity index (χ0) is 11.7. The second kappa shape index (κ2) is 4.49. The van der Waals surface area contributed by atoms with Crippen molar-refractivity contribution in [3.05, 3.63) is 18.0 Å². The number of carbonyl (C=O) groups is 1. The van der Waals surface area contributed by atoms with Gasteiger partial charge in [0.15, 0.2) is 0 Å². The molecule has 1 saturated carbocycles. The highest BCUT2D eigenvalue weighted by Gasteiger charge is 2.26. The van der Waals surface area contributed by atoms with Crippen molar-refractivity contribution >= 4 is 5.91 Å². The predicted molar refractivity (Wildman–Crippen MR) is 63.2 cm³/mol. The number of fused-ring (bicyclic) bond motifs is 1. The van der Waals surface area contributed by atoms with E-state index in [0.717, 1.165) is 31.2 Å². The molecule has 5 nitrogen and oxygen atoms in total. The Bertz CT molecular complexity index is 410. The van der Waals surface area contributed by atoms with Gasteiger partial charge in [0, 0.05) is 25.8 Å². The smallest absolute Gasteiger partial charge is 0.226 e. The molecule has 1 aliphatic heterocycles. The fraction of sp³-hybridized carbons (Fsp3) is 0.667. The summed E-state index contributed by atoms with van der Waals surface area (Å²) in [5.74, 6) is 0.889. The molecule has 2 N–H and O–H groups in total. The molecule has 17 heavy (non-hydrogen) atoms. The van der Waals surface area contributed by atoms with E-state index in [0.29, 0.717) is 6.54 Å². The number of nitrogens with one attached hydrogen (secondary N) is 2. The van der Waals surface area contributed by atoms with Crippen LogP contribution in [0.4, 0.5) is 0 Å². The van der Waals surface area contributed by atoms with Crippen LogP contribution in [0.3, 0.4) is 0 Å². The fourth-order valence-corrected chi connectivity index (χ4v) is 2.21. The first-order chi connectivity index (χ1) is 8.33. The van der Waals surface area contributed by atoms with Gasteiger partial charge in [0.2, 0.25) is 5.91 Å². The summed E-state index contributed by atoms with van der Waals surface area (Å²) in [5.41, 5.74) is 1.16. The molecule has 1 fully saturated rings. The maximum Gasteiger partial charge on any atom is 0.226 e. The van der Waals surface area contributed by atoms with Crippen molar-refractivity contribution in [3.8, 4) is 0 Å². The SMILES string of the molecule is O=C(NCC1CC1)[C@H]1CNCc2ccnn2C1. The van der Waals surface area contributed by atoms with Crippen LogP contribution in [0.25, 0.3) is 0 Å². The third kappa shape index (κ3) is 2.49. The Hall–Kier alpha value is -1.36. The van der Waals surface area contributed by atoms with Crippen LogP contribution in [0.2, 0.25) is 0 Å². The molecule has 92 valence electrons. The lowest BCUT2D eigenvalue weighted by Gasteiger charge is -2.14. The standard InChI is InChI=1S/C12H18N4O/c17-12(14-5-9-1-2-9)10-6-13-7-11-3-4-15-16(11)8-10/h3-4,9-10,13H,1-2,5-8H2,(H,14,17)/t10-/m0/s1. The molecule has 0 spiro atoms. The molecule has 2 heterocycles. The molecule has 1 aromatic heterocycles. The first-order valence-corrected chi connectivity index (χ1v) is 6.32. The number of aromatic nitrogens is 2. The zero-order valence-electron chi connectivity index (χ0n) is 9.85. The first-order valence-electron chi connectivity index (χ1n) is 6.32. The van der Waals surface area contributed by atoms with E-state index in [1.54, 1.807) is 6.20 Å². The van der Waals surface area contributed by atoms with Gasteiger partial charge in [-0.25, -0.2) is 0 Å². The molecule has 1 aliphatic carbocycles. The summed E-state index contributed by atoms with van der Waals surface area (Å²) in [7, 11) is 0. The van der Waals surface area contributed by atoms with Crippen molar-refractivity contribution in [2.24, 2.45) is 11.8 Å². The van der Waals surface area contributed by atoms with Crippen molar-refractivity contribution in [1.82, 2.24) is 20.4 Å². The average molecular weight is 234 g/mol. The van der Waals surface area contributed by atoms with E-state index in [9.17, 15) is 4.79 Å². The van der Waals surface area contributed by atoms with Crippen molar-refractivity contribution < 1.29 is 4.79 Å². The molecule has 2 aliphatic rings. The third-order valence-corrected chi connectivity index (χ3v) is 3.53. The Kier molecular flexibility index (Phi) is 2.84. The molecule has 1 atom stereocenters. The van der Waals surface area contributed by atoms with Crippen LogP contribution in [-0.2, 0) is 17.9 Å². The summed E-state index contributed by atoms with van der Waals surface area (Å²) in [6.45, 7) is 3.07. The van der Waals surface area contributed by atoms with Crippen molar-refractivity contribution in [2.45, 2.75) is 25.9 Å². The third-order valence-electron chi connectivity index (χ3n) is 3.53. The van der Waals surface area contributed by atoms with Crippen LogP contribution in [0.1, 0.15) is 18.5 Å². The van der Waals surface area contributed by atoms with E-state index < -0.39 is 0 Å². The molecule has 0 radical (unpaired) electrons. The maximum absolute atomic E-state index is 12.0. The Morgan fingerprint density at radius 3 is 3.29 bits per heavy atom. The van der Waals surface area contributed by atoms with Crippen LogP contribution in [0.5, 0.6) is 0 Å². The van der Waals surface area contributed by atoms with Gasteiger partial charge in [0.1, 0.15) is 0 Å². The summed E-state index contributed by atoms with van der Waals surface area (Å²) in [4.78, 5) is 12.0. The summed E-state index contributed by atoms with van der Waals surface area (Å²) in [6.07, 6.45) is 4.33. The number of hydrogen-bond donors (Lipinski definition) is 2. The van der Waals surface area contributed by atoms with Crippen LogP contribution in [0, 0.1) is 11.8 Å². The van der Waals surface area contributed by atoms with Gasteiger partial charge in [-0.1, -0.05) is 0 Å². The minimum absolute atomic E-state index is 0.00472. The molecule has 5 heteroatoms. The maximum atomic E-state index is 12.0. The highest BCUT2D eigenvalue weighted by atomic mass is 16.1. The topological polar surface area (TPSA) is 59.0 Å². The van der Waals surface area contributed by atoms with Crippen LogP contribution >= 0.6 is 0 Å². The van der Waals surface area contributed by atoms with Gasteiger partial charge in [0.05, 0.1) is 18.2 Å². The lowest BCUT2D eigenvalue weighted by atomic mass is 10.1.